The first-order valence-electron chi connectivity index (χ1n) is 8.76. The van der Waals surface area contributed by atoms with Gasteiger partial charge in [-0.1, -0.05) is 55.1 Å². The molecule has 0 aliphatic heterocycles. The van der Waals surface area contributed by atoms with Gasteiger partial charge in [-0.15, -0.1) is 20.4 Å². The summed E-state index contributed by atoms with van der Waals surface area (Å²) in [5, 5.41) is 20.8. The first kappa shape index (κ1) is 20.3. The van der Waals surface area contributed by atoms with Crippen molar-refractivity contribution in [2.75, 3.05) is 11.1 Å². The summed E-state index contributed by atoms with van der Waals surface area (Å²) in [7, 11) is 1.86. The highest BCUT2D eigenvalue weighted by Gasteiger charge is 2.14. The van der Waals surface area contributed by atoms with Gasteiger partial charge in [-0.3, -0.25) is 10.1 Å². The second-order valence-corrected chi connectivity index (χ2v) is 8.53. The predicted molar refractivity (Wildman–Crippen MR) is 110 cm³/mol. The third-order valence-corrected chi connectivity index (χ3v) is 5.70. The van der Waals surface area contributed by atoms with Crippen molar-refractivity contribution in [1.29, 1.82) is 0 Å². The largest absolute Gasteiger partial charge is 0.485 e. The van der Waals surface area contributed by atoms with Gasteiger partial charge in [-0.05, 0) is 24.5 Å². The first-order chi connectivity index (χ1) is 13.4. The minimum absolute atomic E-state index is 0.159. The van der Waals surface area contributed by atoms with Gasteiger partial charge in [0, 0.05) is 7.05 Å². The van der Waals surface area contributed by atoms with Gasteiger partial charge >= 0.3 is 0 Å². The molecule has 0 saturated carbocycles. The van der Waals surface area contributed by atoms with E-state index in [-0.39, 0.29) is 11.7 Å². The Kier molecular flexibility index (Phi) is 6.63. The summed E-state index contributed by atoms with van der Waals surface area (Å²) in [6.07, 6.45) is 0. The topological polar surface area (TPSA) is 94.8 Å². The Morgan fingerprint density at radius 2 is 2.04 bits per heavy atom. The normalized spacial score (nSPS) is 11.0. The molecule has 0 radical (unpaired) electrons. The number of ether oxygens (including phenoxy) is 1. The fourth-order valence-electron chi connectivity index (χ4n) is 2.46. The van der Waals surface area contributed by atoms with Crippen LogP contribution in [-0.2, 0) is 18.4 Å². The summed E-state index contributed by atoms with van der Waals surface area (Å²) in [6.45, 7) is 6.41. The van der Waals surface area contributed by atoms with E-state index in [9.17, 15) is 4.79 Å². The molecule has 1 N–H and O–H groups in total. The Hall–Kier alpha value is -2.46. The van der Waals surface area contributed by atoms with Gasteiger partial charge < -0.3 is 9.30 Å². The van der Waals surface area contributed by atoms with E-state index in [2.05, 4.69) is 45.6 Å². The number of thioether (sulfide) groups is 1. The fourth-order valence-corrected chi connectivity index (χ4v) is 3.80. The molecular weight excluding hydrogens is 396 g/mol. The first-order valence-corrected chi connectivity index (χ1v) is 10.6. The Balaban J connectivity index is 1.56. The molecule has 2 aromatic heterocycles. The smallest absolute Gasteiger partial charge is 0.236 e. The number of amides is 1. The van der Waals surface area contributed by atoms with Crippen molar-refractivity contribution in [2.24, 2.45) is 7.05 Å². The van der Waals surface area contributed by atoms with Crippen LogP contribution < -0.4 is 10.1 Å². The van der Waals surface area contributed by atoms with Crippen molar-refractivity contribution in [3.8, 4) is 5.75 Å². The maximum absolute atomic E-state index is 12.0. The number of benzene rings is 1. The fraction of sp³-hybridized carbons (Fsp3) is 0.389. The van der Waals surface area contributed by atoms with E-state index in [1.807, 2.05) is 36.7 Å². The van der Waals surface area contributed by atoms with Crippen LogP contribution in [0.15, 0.2) is 29.4 Å². The van der Waals surface area contributed by atoms with E-state index >= 15 is 0 Å². The van der Waals surface area contributed by atoms with Gasteiger partial charge in [0.1, 0.15) is 17.4 Å². The van der Waals surface area contributed by atoms with E-state index in [1.54, 1.807) is 0 Å². The Labute approximate surface area is 171 Å². The molecule has 3 aromatic rings. The summed E-state index contributed by atoms with van der Waals surface area (Å²) in [5.41, 5.74) is 1.16. The molecule has 0 saturated heterocycles. The molecular formula is C18H22N6O2S2. The molecule has 0 unspecified atom stereocenters. The summed E-state index contributed by atoms with van der Waals surface area (Å²) in [4.78, 5) is 12.0. The number of carbonyl (C=O) groups is 1. The Morgan fingerprint density at radius 1 is 1.25 bits per heavy atom. The van der Waals surface area contributed by atoms with Crippen molar-refractivity contribution >= 4 is 34.1 Å². The van der Waals surface area contributed by atoms with Crippen molar-refractivity contribution in [2.45, 2.75) is 38.5 Å². The summed E-state index contributed by atoms with van der Waals surface area (Å²) in [6, 6.07) is 7.99. The van der Waals surface area contributed by atoms with Crippen LogP contribution in [0.3, 0.4) is 0 Å². The minimum atomic E-state index is -0.159. The average molecular weight is 419 g/mol. The van der Waals surface area contributed by atoms with Crippen LogP contribution >= 0.6 is 23.1 Å². The summed E-state index contributed by atoms with van der Waals surface area (Å²) in [5.74, 6) is 1.97. The van der Waals surface area contributed by atoms with Crippen molar-refractivity contribution in [3.63, 3.8) is 0 Å². The number of nitrogens with one attached hydrogen (secondary N) is 1. The van der Waals surface area contributed by atoms with Gasteiger partial charge in [0.15, 0.2) is 11.0 Å². The van der Waals surface area contributed by atoms with Crippen molar-refractivity contribution in [1.82, 2.24) is 25.0 Å². The molecule has 28 heavy (non-hydrogen) atoms. The monoisotopic (exact) mass is 418 g/mol. The van der Waals surface area contributed by atoms with Gasteiger partial charge in [0.05, 0.1) is 5.75 Å². The molecule has 0 atom stereocenters. The number of aromatic nitrogens is 5. The van der Waals surface area contributed by atoms with Crippen LogP contribution in [0.4, 0.5) is 5.13 Å². The van der Waals surface area contributed by atoms with E-state index in [1.165, 1.54) is 23.1 Å². The van der Waals surface area contributed by atoms with Crippen LogP contribution in [-0.4, -0.2) is 36.6 Å². The maximum atomic E-state index is 12.0. The quantitative estimate of drug-likeness (QED) is 0.560. The zero-order valence-electron chi connectivity index (χ0n) is 16.2. The van der Waals surface area contributed by atoms with E-state index in [0.717, 1.165) is 16.3 Å². The number of nitrogens with zero attached hydrogens (tertiary/aromatic N) is 5. The van der Waals surface area contributed by atoms with E-state index < -0.39 is 0 Å². The SMILES string of the molecule is Cc1nnc(NC(=O)CSc2nnc(COc3ccccc3C(C)C)n2C)s1. The molecule has 1 amide bonds. The number of rotatable bonds is 8. The highest BCUT2D eigenvalue weighted by molar-refractivity contribution is 7.99. The number of carbonyl (C=O) groups excluding carboxylic acids is 1. The molecule has 0 aliphatic rings. The molecule has 0 aliphatic carbocycles. The zero-order chi connectivity index (χ0) is 20.1. The van der Waals surface area contributed by atoms with Gasteiger partial charge in [0.25, 0.3) is 0 Å². The van der Waals surface area contributed by atoms with E-state index in [4.69, 9.17) is 4.74 Å². The zero-order valence-corrected chi connectivity index (χ0v) is 17.8. The number of anilines is 1. The van der Waals surface area contributed by atoms with Crippen LogP contribution in [0.2, 0.25) is 0 Å². The Morgan fingerprint density at radius 3 is 2.75 bits per heavy atom. The third-order valence-electron chi connectivity index (χ3n) is 3.93. The summed E-state index contributed by atoms with van der Waals surface area (Å²) >= 11 is 2.65. The van der Waals surface area contributed by atoms with Crippen LogP contribution in [0.5, 0.6) is 5.75 Å². The molecule has 148 valence electrons. The third kappa shape index (κ3) is 5.08. The van der Waals surface area contributed by atoms with Crippen molar-refractivity contribution < 1.29 is 9.53 Å². The maximum Gasteiger partial charge on any atom is 0.236 e. The molecule has 0 fully saturated rings. The molecule has 0 bridgehead atoms. The lowest BCUT2D eigenvalue weighted by Gasteiger charge is -2.13. The average Bonchev–Trinajstić information content (AvgIpc) is 3.23. The van der Waals surface area contributed by atoms with Crippen LogP contribution in [0.25, 0.3) is 0 Å². The molecule has 10 heteroatoms. The lowest BCUT2D eigenvalue weighted by atomic mass is 10.0. The van der Waals surface area contributed by atoms with Gasteiger partial charge in [0.2, 0.25) is 11.0 Å². The van der Waals surface area contributed by atoms with E-state index in [0.29, 0.717) is 28.6 Å². The minimum Gasteiger partial charge on any atom is -0.485 e. The van der Waals surface area contributed by atoms with Gasteiger partial charge in [-0.25, -0.2) is 0 Å². The number of aryl methyl sites for hydroxylation is 1. The highest BCUT2D eigenvalue weighted by Crippen LogP contribution is 2.26. The molecule has 1 aromatic carbocycles. The second kappa shape index (κ2) is 9.16. The highest BCUT2D eigenvalue weighted by atomic mass is 32.2. The lowest BCUT2D eigenvalue weighted by molar-refractivity contribution is -0.113. The summed E-state index contributed by atoms with van der Waals surface area (Å²) < 4.78 is 7.80. The number of hydrogen-bond donors (Lipinski definition) is 1. The Bertz CT molecular complexity index is 953. The standard InChI is InChI=1S/C18H22N6O2S2/c1-11(2)13-7-5-6-8-14(13)26-9-15-21-23-18(24(15)4)27-10-16(25)19-17-22-20-12(3)28-17/h5-8,11H,9-10H2,1-4H3,(H,19,22,25). The molecule has 0 spiro atoms. The molecule has 3 rings (SSSR count). The predicted octanol–water partition coefficient (Wildman–Crippen LogP) is 3.41. The van der Waals surface area contributed by atoms with Crippen molar-refractivity contribution in [3.05, 3.63) is 40.7 Å². The van der Waals surface area contributed by atoms with Crippen LogP contribution in [0, 0.1) is 6.92 Å². The number of para-hydroxylation sites is 1. The lowest BCUT2D eigenvalue weighted by Crippen LogP contribution is -2.14. The van der Waals surface area contributed by atoms with Crippen LogP contribution in [0.1, 0.15) is 36.2 Å². The number of hydrogen-bond acceptors (Lipinski definition) is 8. The van der Waals surface area contributed by atoms with Gasteiger partial charge in [-0.2, -0.15) is 0 Å². The molecule has 8 nitrogen and oxygen atoms in total. The molecule has 2 heterocycles. The second-order valence-electron chi connectivity index (χ2n) is 6.40.